The van der Waals surface area contributed by atoms with Gasteiger partial charge in [0.2, 0.25) is 0 Å². The van der Waals surface area contributed by atoms with Gasteiger partial charge in [-0.3, -0.25) is 20.0 Å². The van der Waals surface area contributed by atoms with Crippen molar-refractivity contribution in [3.63, 3.8) is 0 Å². The number of imidazole rings is 1. The van der Waals surface area contributed by atoms with E-state index in [4.69, 9.17) is 4.74 Å². The number of nitrogens with zero attached hydrogens (tertiary/aromatic N) is 2. The molecule has 0 aliphatic carbocycles. The van der Waals surface area contributed by atoms with Crippen LogP contribution in [-0.2, 0) is 6.61 Å². The van der Waals surface area contributed by atoms with Crippen molar-refractivity contribution < 1.29 is 18.3 Å². The number of amides is 1. The van der Waals surface area contributed by atoms with E-state index in [2.05, 4.69) is 15.8 Å². The van der Waals surface area contributed by atoms with Crippen LogP contribution in [0.1, 0.15) is 32.9 Å². The Morgan fingerprint density at radius 1 is 1.03 bits per heavy atom. The van der Waals surface area contributed by atoms with Crippen LogP contribution in [0.2, 0.25) is 0 Å². The highest BCUT2D eigenvalue weighted by atomic mass is 19.1. The average Bonchev–Trinajstić information content (AvgIpc) is 3.07. The van der Waals surface area contributed by atoms with Crippen molar-refractivity contribution in [1.29, 1.82) is 0 Å². The molecule has 0 saturated carbocycles. The molecule has 164 valence electrons. The van der Waals surface area contributed by atoms with Gasteiger partial charge in [-0.1, -0.05) is 18.2 Å². The molecular weight excluding hydrogens is 414 g/mol. The fraction of sp³-hybridized carbons (Fsp3) is 0.167. The molecule has 2 heterocycles. The summed E-state index contributed by atoms with van der Waals surface area (Å²) >= 11 is 0. The minimum atomic E-state index is -0.685. The maximum Gasteiger partial charge on any atom is 0.288 e. The number of carbonyl (C=O) groups excluding carboxylic acids is 1. The van der Waals surface area contributed by atoms with Crippen LogP contribution in [0.15, 0.2) is 54.7 Å². The average molecular weight is 436 g/mol. The molecule has 8 heteroatoms. The first-order chi connectivity index (χ1) is 15.3. The number of hydrogen-bond acceptors (Lipinski definition) is 4. The highest BCUT2D eigenvalue weighted by Crippen LogP contribution is 2.26. The second-order valence-corrected chi connectivity index (χ2v) is 7.56. The molecule has 0 aliphatic heterocycles. The van der Waals surface area contributed by atoms with Gasteiger partial charge < -0.3 is 4.74 Å². The first-order valence-electron chi connectivity index (χ1n) is 10.0. The second kappa shape index (κ2) is 8.66. The predicted molar refractivity (Wildman–Crippen MR) is 118 cm³/mol. The highest BCUT2D eigenvalue weighted by molar-refractivity contribution is 5.95. The first-order valence-corrected chi connectivity index (χ1v) is 10.0. The number of hydrazine groups is 1. The monoisotopic (exact) mass is 436 g/mol. The zero-order valence-corrected chi connectivity index (χ0v) is 17.9. The third-order valence-corrected chi connectivity index (χ3v) is 4.98. The molecule has 0 spiro atoms. The number of carbonyl (C=O) groups is 1. The Bertz CT molecular complexity index is 1300. The number of ether oxygens (including phenoxy) is 1. The lowest BCUT2D eigenvalue weighted by molar-refractivity contribution is 0.0956. The summed E-state index contributed by atoms with van der Waals surface area (Å²) in [5, 5.41) is 0. The van der Waals surface area contributed by atoms with Crippen molar-refractivity contribution in [1.82, 2.24) is 14.8 Å². The SMILES string of the molecule is Cc1cccc(NNC(=O)c2c(C)nc3c(OCc4c(F)cccc4F)cc(C)cn23)c1. The summed E-state index contributed by atoms with van der Waals surface area (Å²) in [6.45, 7) is 5.20. The molecule has 0 aliphatic rings. The van der Waals surface area contributed by atoms with Crippen molar-refractivity contribution in [3.8, 4) is 5.75 Å². The van der Waals surface area contributed by atoms with Crippen LogP contribution in [-0.4, -0.2) is 15.3 Å². The van der Waals surface area contributed by atoms with Gasteiger partial charge in [-0.05, 0) is 62.2 Å². The Kier molecular flexibility index (Phi) is 5.77. The van der Waals surface area contributed by atoms with Crippen LogP contribution in [0.25, 0.3) is 5.65 Å². The summed E-state index contributed by atoms with van der Waals surface area (Å²) in [5.41, 5.74) is 9.20. The number of anilines is 1. The normalized spacial score (nSPS) is 10.9. The lowest BCUT2D eigenvalue weighted by Crippen LogP contribution is -2.30. The molecule has 0 unspecified atom stereocenters. The maximum atomic E-state index is 14.0. The number of aromatic nitrogens is 2. The highest BCUT2D eigenvalue weighted by Gasteiger charge is 2.20. The van der Waals surface area contributed by atoms with Crippen molar-refractivity contribution in [2.24, 2.45) is 0 Å². The molecule has 1 amide bonds. The molecule has 2 N–H and O–H groups in total. The van der Waals surface area contributed by atoms with Crippen molar-refractivity contribution in [2.45, 2.75) is 27.4 Å². The van der Waals surface area contributed by atoms with Crippen LogP contribution in [0.3, 0.4) is 0 Å². The Morgan fingerprint density at radius 3 is 2.47 bits per heavy atom. The van der Waals surface area contributed by atoms with Gasteiger partial charge in [0.25, 0.3) is 5.91 Å². The number of rotatable bonds is 6. The number of fused-ring (bicyclic) bond motifs is 1. The van der Waals surface area contributed by atoms with E-state index in [1.54, 1.807) is 23.6 Å². The topological polar surface area (TPSA) is 67.7 Å². The fourth-order valence-electron chi connectivity index (χ4n) is 3.47. The number of nitrogens with one attached hydrogen (secondary N) is 2. The predicted octanol–water partition coefficient (Wildman–Crippen LogP) is 4.87. The Balaban J connectivity index is 1.62. The first kappa shape index (κ1) is 21.3. The van der Waals surface area contributed by atoms with Crippen LogP contribution in [0.5, 0.6) is 5.75 Å². The van der Waals surface area contributed by atoms with E-state index in [0.29, 0.717) is 22.8 Å². The van der Waals surface area contributed by atoms with Gasteiger partial charge in [0.1, 0.15) is 23.9 Å². The van der Waals surface area contributed by atoms with Gasteiger partial charge >= 0.3 is 0 Å². The Morgan fingerprint density at radius 2 is 1.75 bits per heavy atom. The zero-order chi connectivity index (χ0) is 22.8. The molecule has 0 radical (unpaired) electrons. The molecule has 2 aromatic carbocycles. The fourth-order valence-corrected chi connectivity index (χ4v) is 3.47. The van der Waals surface area contributed by atoms with E-state index in [9.17, 15) is 13.6 Å². The molecule has 0 bridgehead atoms. The van der Waals surface area contributed by atoms with Gasteiger partial charge in [0.05, 0.1) is 16.9 Å². The van der Waals surface area contributed by atoms with E-state index >= 15 is 0 Å². The van der Waals surface area contributed by atoms with Crippen molar-refractivity contribution in [2.75, 3.05) is 5.43 Å². The number of pyridine rings is 1. The lowest BCUT2D eigenvalue weighted by Gasteiger charge is -2.12. The lowest BCUT2D eigenvalue weighted by atomic mass is 10.2. The molecule has 6 nitrogen and oxygen atoms in total. The second-order valence-electron chi connectivity index (χ2n) is 7.56. The summed E-state index contributed by atoms with van der Waals surface area (Å²) in [6, 6.07) is 13.0. The largest absolute Gasteiger partial charge is 0.485 e. The smallest absolute Gasteiger partial charge is 0.288 e. The maximum absolute atomic E-state index is 14.0. The summed E-state index contributed by atoms with van der Waals surface area (Å²) in [5.74, 6) is -1.43. The number of aryl methyl sites for hydroxylation is 3. The van der Waals surface area contributed by atoms with Gasteiger partial charge in [0, 0.05) is 6.20 Å². The van der Waals surface area contributed by atoms with Gasteiger partial charge in [-0.15, -0.1) is 0 Å². The summed E-state index contributed by atoms with van der Waals surface area (Å²) in [4.78, 5) is 17.4. The summed E-state index contributed by atoms with van der Waals surface area (Å²) < 4.78 is 35.3. The molecule has 0 atom stereocenters. The number of benzene rings is 2. The summed E-state index contributed by atoms with van der Waals surface area (Å²) in [7, 11) is 0. The Hall–Kier alpha value is -3.94. The van der Waals surface area contributed by atoms with E-state index in [1.165, 1.54) is 18.2 Å². The van der Waals surface area contributed by atoms with Crippen molar-refractivity contribution in [3.05, 3.63) is 94.4 Å². The molecule has 32 heavy (non-hydrogen) atoms. The number of hydrogen-bond donors (Lipinski definition) is 2. The molecule has 0 saturated heterocycles. The van der Waals surface area contributed by atoms with Gasteiger partial charge in [0.15, 0.2) is 11.4 Å². The van der Waals surface area contributed by atoms with E-state index in [-0.39, 0.29) is 18.1 Å². The zero-order valence-electron chi connectivity index (χ0n) is 17.9. The van der Waals surface area contributed by atoms with Crippen LogP contribution in [0, 0.1) is 32.4 Å². The standard InChI is InChI=1S/C24H22F2N4O2/c1-14-6-4-7-17(10-14)28-29-24(31)22-16(3)27-23-21(11-15(2)12-30(22)23)32-13-18-19(25)8-5-9-20(18)26/h4-12,28H,13H2,1-3H3,(H,29,31). The Labute approximate surface area is 183 Å². The molecule has 4 aromatic rings. The van der Waals surface area contributed by atoms with Crippen LogP contribution in [0.4, 0.5) is 14.5 Å². The van der Waals surface area contributed by atoms with Crippen molar-refractivity contribution >= 4 is 17.2 Å². The van der Waals surface area contributed by atoms with Gasteiger partial charge in [-0.25, -0.2) is 13.8 Å². The third-order valence-electron chi connectivity index (χ3n) is 4.98. The van der Waals surface area contributed by atoms with E-state index in [0.717, 1.165) is 16.8 Å². The van der Waals surface area contributed by atoms with Gasteiger partial charge in [-0.2, -0.15) is 0 Å². The molecular formula is C24H22F2N4O2. The molecule has 0 fully saturated rings. The minimum absolute atomic E-state index is 0.171. The quantitative estimate of drug-likeness (QED) is 0.423. The summed E-state index contributed by atoms with van der Waals surface area (Å²) in [6.07, 6.45) is 1.76. The third kappa shape index (κ3) is 4.25. The van der Waals surface area contributed by atoms with E-state index < -0.39 is 11.6 Å². The van der Waals surface area contributed by atoms with Crippen LogP contribution >= 0.6 is 0 Å². The number of halogens is 2. The minimum Gasteiger partial charge on any atom is -0.485 e. The van der Waals surface area contributed by atoms with E-state index in [1.807, 2.05) is 38.1 Å². The van der Waals surface area contributed by atoms with Crippen LogP contribution < -0.4 is 15.6 Å². The molecule has 4 rings (SSSR count). The molecule has 2 aromatic heterocycles.